The molecular weight excluding hydrogens is 200 g/mol. The number of pyridine rings is 1. The van der Waals surface area contributed by atoms with Crippen molar-refractivity contribution < 1.29 is 0 Å². The maximum absolute atomic E-state index is 5.74. The lowest BCUT2D eigenvalue weighted by molar-refractivity contribution is 0.720. The fraction of sp³-hybridized carbons (Fsp3) is 0.250. The normalized spacial score (nSPS) is 12.4. The summed E-state index contributed by atoms with van der Waals surface area (Å²) in [7, 11) is 0. The van der Waals surface area contributed by atoms with Crippen LogP contribution in [0.3, 0.4) is 0 Å². The SMILES string of the molecule is CC(N)Cc1ccnc(-c2ccccn2)n1. The van der Waals surface area contributed by atoms with Crippen LogP contribution in [0.5, 0.6) is 0 Å². The van der Waals surface area contributed by atoms with Crippen LogP contribution in [0.15, 0.2) is 36.7 Å². The van der Waals surface area contributed by atoms with Gasteiger partial charge >= 0.3 is 0 Å². The molecule has 4 nitrogen and oxygen atoms in total. The fourth-order valence-electron chi connectivity index (χ4n) is 1.46. The molecule has 2 N–H and O–H groups in total. The molecular formula is C12H14N4. The minimum atomic E-state index is 0.103. The standard InChI is InChI=1S/C12H14N4/c1-9(13)8-10-5-7-15-12(16-10)11-4-2-3-6-14-11/h2-7,9H,8,13H2,1H3. The Labute approximate surface area is 94.6 Å². The topological polar surface area (TPSA) is 64.7 Å². The summed E-state index contributed by atoms with van der Waals surface area (Å²) in [5.74, 6) is 0.652. The zero-order valence-electron chi connectivity index (χ0n) is 9.17. The van der Waals surface area contributed by atoms with Gasteiger partial charge in [0.1, 0.15) is 5.69 Å². The molecule has 0 spiro atoms. The minimum absolute atomic E-state index is 0.103. The van der Waals surface area contributed by atoms with Crippen LogP contribution in [0, 0.1) is 0 Å². The molecule has 0 aromatic carbocycles. The predicted molar refractivity (Wildman–Crippen MR) is 62.6 cm³/mol. The van der Waals surface area contributed by atoms with Crippen LogP contribution in [0.2, 0.25) is 0 Å². The van der Waals surface area contributed by atoms with E-state index >= 15 is 0 Å². The molecule has 2 aromatic rings. The zero-order valence-corrected chi connectivity index (χ0v) is 9.17. The smallest absolute Gasteiger partial charge is 0.178 e. The second-order valence-electron chi connectivity index (χ2n) is 3.77. The van der Waals surface area contributed by atoms with E-state index in [2.05, 4.69) is 15.0 Å². The second kappa shape index (κ2) is 4.81. The van der Waals surface area contributed by atoms with E-state index in [0.29, 0.717) is 5.82 Å². The summed E-state index contributed by atoms with van der Waals surface area (Å²) in [4.78, 5) is 12.8. The first-order valence-electron chi connectivity index (χ1n) is 5.24. The van der Waals surface area contributed by atoms with Crippen molar-refractivity contribution in [3.63, 3.8) is 0 Å². The summed E-state index contributed by atoms with van der Waals surface area (Å²) in [6.45, 7) is 1.96. The molecule has 0 radical (unpaired) electrons. The first kappa shape index (κ1) is 10.7. The van der Waals surface area contributed by atoms with Crippen LogP contribution < -0.4 is 5.73 Å². The Bertz CT molecular complexity index is 454. The van der Waals surface area contributed by atoms with Gasteiger partial charge in [0.25, 0.3) is 0 Å². The quantitative estimate of drug-likeness (QED) is 0.839. The van der Waals surface area contributed by atoms with E-state index in [0.717, 1.165) is 17.8 Å². The number of nitrogens with two attached hydrogens (primary N) is 1. The lowest BCUT2D eigenvalue weighted by Crippen LogP contribution is -2.18. The Morgan fingerprint density at radius 1 is 1.19 bits per heavy atom. The lowest BCUT2D eigenvalue weighted by atomic mass is 10.2. The molecule has 0 fully saturated rings. The molecule has 0 aliphatic heterocycles. The van der Waals surface area contributed by atoms with E-state index in [1.54, 1.807) is 12.4 Å². The van der Waals surface area contributed by atoms with E-state index < -0.39 is 0 Å². The van der Waals surface area contributed by atoms with Gasteiger partial charge in [-0.3, -0.25) is 4.98 Å². The number of hydrogen-bond donors (Lipinski definition) is 1. The molecule has 2 heterocycles. The van der Waals surface area contributed by atoms with E-state index in [9.17, 15) is 0 Å². The van der Waals surface area contributed by atoms with Crippen LogP contribution in [0.4, 0.5) is 0 Å². The molecule has 0 amide bonds. The molecule has 0 aliphatic rings. The van der Waals surface area contributed by atoms with Crippen molar-refractivity contribution in [2.75, 3.05) is 0 Å². The van der Waals surface area contributed by atoms with Crippen molar-refractivity contribution in [2.45, 2.75) is 19.4 Å². The second-order valence-corrected chi connectivity index (χ2v) is 3.77. The van der Waals surface area contributed by atoms with Gasteiger partial charge in [-0.05, 0) is 25.1 Å². The Balaban J connectivity index is 2.29. The van der Waals surface area contributed by atoms with Crippen LogP contribution in [0.25, 0.3) is 11.5 Å². The van der Waals surface area contributed by atoms with Crippen molar-refractivity contribution in [1.82, 2.24) is 15.0 Å². The van der Waals surface area contributed by atoms with Gasteiger partial charge in [0.15, 0.2) is 5.82 Å². The lowest BCUT2D eigenvalue weighted by Gasteiger charge is -2.05. The van der Waals surface area contributed by atoms with Crippen LogP contribution >= 0.6 is 0 Å². The average molecular weight is 214 g/mol. The number of rotatable bonds is 3. The Morgan fingerprint density at radius 2 is 2.06 bits per heavy atom. The average Bonchev–Trinajstić information content (AvgIpc) is 2.30. The van der Waals surface area contributed by atoms with Crippen molar-refractivity contribution >= 4 is 0 Å². The van der Waals surface area contributed by atoms with Gasteiger partial charge in [-0.25, -0.2) is 9.97 Å². The van der Waals surface area contributed by atoms with Gasteiger partial charge in [-0.2, -0.15) is 0 Å². The largest absolute Gasteiger partial charge is 0.328 e. The van der Waals surface area contributed by atoms with Gasteiger partial charge in [0.05, 0.1) is 0 Å². The van der Waals surface area contributed by atoms with E-state index in [4.69, 9.17) is 5.73 Å². The highest BCUT2D eigenvalue weighted by molar-refractivity contribution is 5.48. The highest BCUT2D eigenvalue weighted by atomic mass is 14.9. The first-order valence-corrected chi connectivity index (χ1v) is 5.24. The van der Waals surface area contributed by atoms with Crippen LogP contribution in [0.1, 0.15) is 12.6 Å². The minimum Gasteiger partial charge on any atom is -0.328 e. The zero-order chi connectivity index (χ0) is 11.4. The summed E-state index contributed by atoms with van der Waals surface area (Å²) in [6.07, 6.45) is 4.23. The predicted octanol–water partition coefficient (Wildman–Crippen LogP) is 1.43. The molecule has 16 heavy (non-hydrogen) atoms. The highest BCUT2D eigenvalue weighted by Crippen LogP contribution is 2.10. The summed E-state index contributed by atoms with van der Waals surface area (Å²) in [6, 6.07) is 7.67. The summed E-state index contributed by atoms with van der Waals surface area (Å²) >= 11 is 0. The third-order valence-electron chi connectivity index (χ3n) is 2.14. The molecule has 0 saturated heterocycles. The maximum atomic E-state index is 5.74. The van der Waals surface area contributed by atoms with E-state index in [-0.39, 0.29) is 6.04 Å². The third-order valence-corrected chi connectivity index (χ3v) is 2.14. The number of aromatic nitrogens is 3. The highest BCUT2D eigenvalue weighted by Gasteiger charge is 2.04. The number of nitrogens with zero attached hydrogens (tertiary/aromatic N) is 3. The van der Waals surface area contributed by atoms with E-state index in [1.165, 1.54) is 0 Å². The van der Waals surface area contributed by atoms with E-state index in [1.807, 2.05) is 31.2 Å². The molecule has 0 bridgehead atoms. The first-order chi connectivity index (χ1) is 7.75. The monoisotopic (exact) mass is 214 g/mol. The molecule has 0 aliphatic carbocycles. The Morgan fingerprint density at radius 3 is 2.75 bits per heavy atom. The van der Waals surface area contributed by atoms with Crippen LogP contribution in [-0.4, -0.2) is 21.0 Å². The van der Waals surface area contributed by atoms with Crippen molar-refractivity contribution in [2.24, 2.45) is 5.73 Å². The van der Waals surface area contributed by atoms with Gasteiger partial charge in [0.2, 0.25) is 0 Å². The van der Waals surface area contributed by atoms with Gasteiger partial charge in [-0.15, -0.1) is 0 Å². The van der Waals surface area contributed by atoms with Gasteiger partial charge in [-0.1, -0.05) is 6.07 Å². The fourth-order valence-corrected chi connectivity index (χ4v) is 1.46. The van der Waals surface area contributed by atoms with Crippen LogP contribution in [-0.2, 0) is 6.42 Å². The summed E-state index contributed by atoms with van der Waals surface area (Å²) < 4.78 is 0. The molecule has 2 rings (SSSR count). The molecule has 1 unspecified atom stereocenters. The third kappa shape index (κ3) is 2.61. The summed E-state index contributed by atoms with van der Waals surface area (Å²) in [5, 5.41) is 0. The van der Waals surface area contributed by atoms with Gasteiger partial charge in [0, 0.05) is 30.6 Å². The Hall–Kier alpha value is -1.81. The number of hydrogen-bond acceptors (Lipinski definition) is 4. The molecule has 1 atom stereocenters. The Kier molecular flexibility index (Phi) is 3.22. The molecule has 82 valence electrons. The van der Waals surface area contributed by atoms with Gasteiger partial charge < -0.3 is 5.73 Å². The van der Waals surface area contributed by atoms with Crippen molar-refractivity contribution in [3.05, 3.63) is 42.4 Å². The summed E-state index contributed by atoms with van der Waals surface area (Å²) in [5.41, 5.74) is 7.47. The van der Waals surface area contributed by atoms with Crippen molar-refractivity contribution in [1.29, 1.82) is 0 Å². The maximum Gasteiger partial charge on any atom is 0.178 e. The molecule has 4 heteroatoms. The molecule has 0 saturated carbocycles. The molecule has 2 aromatic heterocycles. The van der Waals surface area contributed by atoms with Crippen molar-refractivity contribution in [3.8, 4) is 11.5 Å².